The van der Waals surface area contributed by atoms with Gasteiger partial charge in [0.05, 0.1) is 19.6 Å². The zero-order chi connectivity index (χ0) is 19.1. The summed E-state index contributed by atoms with van der Waals surface area (Å²) in [5.41, 5.74) is 7.05. The molecule has 0 aliphatic heterocycles. The maximum absolute atomic E-state index is 12.6. The highest BCUT2D eigenvalue weighted by atomic mass is 79.9. The van der Waals surface area contributed by atoms with Crippen molar-refractivity contribution in [2.75, 3.05) is 14.2 Å². The number of carbonyl (C=O) groups excluding carboxylic acids is 2. The molecule has 2 rings (SSSR count). The lowest BCUT2D eigenvalue weighted by atomic mass is 10.0. The molecule has 3 amide bonds. The molecule has 0 spiro atoms. The fourth-order valence-electron chi connectivity index (χ4n) is 2.58. The van der Waals surface area contributed by atoms with Gasteiger partial charge in [0.15, 0.2) is 0 Å². The van der Waals surface area contributed by atoms with E-state index in [-0.39, 0.29) is 12.3 Å². The van der Waals surface area contributed by atoms with E-state index in [1.807, 2.05) is 48.5 Å². The average Bonchev–Trinajstić information content (AvgIpc) is 2.61. The second-order valence-corrected chi connectivity index (χ2v) is 6.83. The van der Waals surface area contributed by atoms with Gasteiger partial charge in [0, 0.05) is 18.1 Å². The first-order valence-corrected chi connectivity index (χ1v) is 8.86. The molecule has 2 aromatic rings. The molecule has 26 heavy (non-hydrogen) atoms. The highest BCUT2D eigenvalue weighted by Crippen LogP contribution is 2.21. The van der Waals surface area contributed by atoms with Crippen molar-refractivity contribution in [1.82, 2.24) is 10.2 Å². The first kappa shape index (κ1) is 19.8. The number of amides is 3. The van der Waals surface area contributed by atoms with Crippen LogP contribution < -0.4 is 15.8 Å². The van der Waals surface area contributed by atoms with Crippen LogP contribution in [0.15, 0.2) is 53.0 Å². The van der Waals surface area contributed by atoms with Crippen molar-refractivity contribution in [2.45, 2.75) is 19.0 Å². The van der Waals surface area contributed by atoms with Crippen LogP contribution >= 0.6 is 15.9 Å². The Balaban J connectivity index is 2.07. The van der Waals surface area contributed by atoms with Gasteiger partial charge in [-0.2, -0.15) is 0 Å². The molecule has 0 bridgehead atoms. The summed E-state index contributed by atoms with van der Waals surface area (Å²) in [4.78, 5) is 25.6. The fourth-order valence-corrected chi connectivity index (χ4v) is 2.85. The van der Waals surface area contributed by atoms with Gasteiger partial charge in [-0.15, -0.1) is 0 Å². The maximum atomic E-state index is 12.6. The fraction of sp³-hybridized carbons (Fsp3) is 0.263. The quantitative estimate of drug-likeness (QED) is 0.722. The summed E-state index contributed by atoms with van der Waals surface area (Å²) in [6.45, 7) is 0.444. The number of halogens is 1. The average molecular weight is 420 g/mol. The number of primary amides is 1. The predicted octanol–water partition coefficient (Wildman–Crippen LogP) is 3.22. The molecule has 0 radical (unpaired) electrons. The lowest BCUT2D eigenvalue weighted by Gasteiger charge is -2.22. The van der Waals surface area contributed by atoms with E-state index in [2.05, 4.69) is 21.2 Å². The molecule has 0 saturated heterocycles. The minimum Gasteiger partial charge on any atom is -0.497 e. The molecule has 1 atom stereocenters. The third-order valence-electron chi connectivity index (χ3n) is 3.95. The maximum Gasteiger partial charge on any atom is 0.312 e. The number of nitrogens with zero attached hydrogens (tertiary/aromatic N) is 1. The molecule has 0 heterocycles. The lowest BCUT2D eigenvalue weighted by Crippen LogP contribution is -2.37. The Hall–Kier alpha value is -2.54. The van der Waals surface area contributed by atoms with Crippen molar-refractivity contribution >= 4 is 27.9 Å². The molecule has 0 aliphatic rings. The summed E-state index contributed by atoms with van der Waals surface area (Å²) in [6.07, 6.45) is 0.116. The van der Waals surface area contributed by atoms with Crippen molar-refractivity contribution < 1.29 is 14.3 Å². The topological polar surface area (TPSA) is 84.7 Å². The molecule has 2 aromatic carbocycles. The van der Waals surface area contributed by atoms with Crippen LogP contribution in [0.5, 0.6) is 5.75 Å². The van der Waals surface area contributed by atoms with Crippen molar-refractivity contribution in [1.29, 1.82) is 0 Å². The van der Waals surface area contributed by atoms with E-state index in [1.54, 1.807) is 19.1 Å². The molecular formula is C19H22BrN3O3. The molecule has 0 fully saturated rings. The monoisotopic (exact) mass is 419 g/mol. The molecule has 3 N–H and O–H groups in total. The Morgan fingerprint density at radius 1 is 1.23 bits per heavy atom. The molecule has 0 saturated carbocycles. The van der Waals surface area contributed by atoms with Gasteiger partial charge in [0.25, 0.3) is 0 Å². The lowest BCUT2D eigenvalue weighted by molar-refractivity contribution is -0.130. The van der Waals surface area contributed by atoms with E-state index in [1.165, 1.54) is 0 Å². The van der Waals surface area contributed by atoms with Gasteiger partial charge in [-0.3, -0.25) is 4.79 Å². The highest BCUT2D eigenvalue weighted by Gasteiger charge is 2.20. The van der Waals surface area contributed by atoms with Crippen molar-refractivity contribution in [3.8, 4) is 5.75 Å². The van der Waals surface area contributed by atoms with Gasteiger partial charge in [-0.05, 0) is 35.4 Å². The van der Waals surface area contributed by atoms with Gasteiger partial charge in [0.2, 0.25) is 5.91 Å². The molecular weight excluding hydrogens is 398 g/mol. The highest BCUT2D eigenvalue weighted by molar-refractivity contribution is 9.10. The van der Waals surface area contributed by atoms with E-state index >= 15 is 0 Å². The first-order valence-electron chi connectivity index (χ1n) is 8.07. The Kier molecular flexibility index (Phi) is 7.03. The van der Waals surface area contributed by atoms with Crippen molar-refractivity contribution in [3.63, 3.8) is 0 Å². The number of benzene rings is 2. The second kappa shape index (κ2) is 9.24. The summed E-state index contributed by atoms with van der Waals surface area (Å²) in [5, 5.41) is 2.64. The number of hydrogen-bond donors (Lipinski definition) is 2. The van der Waals surface area contributed by atoms with Crippen LogP contribution in [0.25, 0.3) is 0 Å². The molecule has 0 unspecified atom stereocenters. The predicted molar refractivity (Wildman–Crippen MR) is 104 cm³/mol. The summed E-state index contributed by atoms with van der Waals surface area (Å²) in [6, 6.07) is 13.8. The number of nitrogens with one attached hydrogen (secondary N) is 1. The van der Waals surface area contributed by atoms with Crippen molar-refractivity contribution in [3.05, 3.63) is 64.1 Å². The number of methoxy groups -OCH3 is 1. The molecule has 6 nitrogen and oxygen atoms in total. The largest absolute Gasteiger partial charge is 0.497 e. The van der Waals surface area contributed by atoms with Gasteiger partial charge in [0.1, 0.15) is 5.75 Å². The Morgan fingerprint density at radius 3 is 2.54 bits per heavy atom. The smallest absolute Gasteiger partial charge is 0.312 e. The second-order valence-electron chi connectivity index (χ2n) is 5.92. The molecule has 0 aliphatic carbocycles. The minimum absolute atomic E-state index is 0.102. The third kappa shape index (κ3) is 5.77. The van der Waals surface area contributed by atoms with Crippen LogP contribution in [-0.4, -0.2) is 31.0 Å². The van der Waals surface area contributed by atoms with Gasteiger partial charge in [-0.25, -0.2) is 4.79 Å². The zero-order valence-electron chi connectivity index (χ0n) is 14.7. The molecule has 0 aromatic heterocycles. The summed E-state index contributed by atoms with van der Waals surface area (Å²) in [7, 11) is 3.33. The standard InChI is InChI=1S/C19H22BrN3O3/c1-23(12-13-4-3-5-16(10-13)26-2)18(24)11-17(22-19(21)25)14-6-8-15(20)9-7-14/h3-10,17H,11-12H2,1-2H3,(H3,21,22,25)/t17-/m1/s1. The van der Waals surface area contributed by atoms with Crippen LogP contribution in [0.2, 0.25) is 0 Å². The number of hydrogen-bond acceptors (Lipinski definition) is 3. The Morgan fingerprint density at radius 2 is 1.92 bits per heavy atom. The summed E-state index contributed by atoms with van der Waals surface area (Å²) < 4.78 is 6.12. The van der Waals surface area contributed by atoms with Crippen LogP contribution in [0.1, 0.15) is 23.6 Å². The molecule has 138 valence electrons. The van der Waals surface area contributed by atoms with Gasteiger partial charge >= 0.3 is 6.03 Å². The van der Waals surface area contributed by atoms with E-state index in [9.17, 15) is 9.59 Å². The van der Waals surface area contributed by atoms with E-state index < -0.39 is 12.1 Å². The summed E-state index contributed by atoms with van der Waals surface area (Å²) >= 11 is 3.37. The zero-order valence-corrected chi connectivity index (χ0v) is 16.3. The van der Waals surface area contributed by atoms with Crippen LogP contribution in [0.4, 0.5) is 4.79 Å². The van der Waals surface area contributed by atoms with Gasteiger partial charge in [-0.1, -0.05) is 40.2 Å². The number of carbonyl (C=O) groups is 2. The van der Waals surface area contributed by atoms with Crippen molar-refractivity contribution in [2.24, 2.45) is 5.73 Å². The van der Waals surface area contributed by atoms with Crippen LogP contribution in [-0.2, 0) is 11.3 Å². The molecule has 7 heteroatoms. The number of urea groups is 1. The number of nitrogens with two attached hydrogens (primary N) is 1. The number of ether oxygens (including phenoxy) is 1. The van der Waals surface area contributed by atoms with E-state index in [0.29, 0.717) is 6.54 Å². The van der Waals surface area contributed by atoms with E-state index in [4.69, 9.17) is 10.5 Å². The Bertz CT molecular complexity index is 765. The van der Waals surface area contributed by atoms with E-state index in [0.717, 1.165) is 21.3 Å². The minimum atomic E-state index is -0.666. The Labute approximate surface area is 161 Å². The summed E-state index contributed by atoms with van der Waals surface area (Å²) in [5.74, 6) is 0.640. The SMILES string of the molecule is COc1cccc(CN(C)C(=O)C[C@@H](NC(N)=O)c2ccc(Br)cc2)c1. The third-order valence-corrected chi connectivity index (χ3v) is 4.48. The van der Waals surface area contributed by atoms with Gasteiger partial charge < -0.3 is 20.7 Å². The van der Waals surface area contributed by atoms with Crippen LogP contribution in [0, 0.1) is 0 Å². The first-order chi connectivity index (χ1) is 12.4. The van der Waals surface area contributed by atoms with Crippen LogP contribution in [0.3, 0.4) is 0 Å². The normalized spacial score (nSPS) is 11.5. The number of rotatable bonds is 7.